The predicted molar refractivity (Wildman–Crippen MR) is 76.3 cm³/mol. The SMILES string of the molecule is CC(C)CC(C)NS(=O)(=O)c1ccc(C(C)O)cc1. The summed E-state index contributed by atoms with van der Waals surface area (Å²) in [7, 11) is -3.48. The van der Waals surface area contributed by atoms with Crippen LogP contribution in [0.3, 0.4) is 0 Å². The zero-order valence-corrected chi connectivity index (χ0v) is 12.7. The van der Waals surface area contributed by atoms with Crippen molar-refractivity contribution in [3.05, 3.63) is 29.8 Å². The fourth-order valence-corrected chi connectivity index (χ4v) is 3.27. The average Bonchev–Trinajstić information content (AvgIpc) is 2.27. The summed E-state index contributed by atoms with van der Waals surface area (Å²) >= 11 is 0. The second-order valence-corrected chi connectivity index (χ2v) is 7.11. The van der Waals surface area contributed by atoms with E-state index in [1.54, 1.807) is 19.1 Å². The molecule has 0 saturated carbocycles. The monoisotopic (exact) mass is 285 g/mol. The van der Waals surface area contributed by atoms with E-state index in [1.807, 2.05) is 6.92 Å². The summed E-state index contributed by atoms with van der Waals surface area (Å²) in [4.78, 5) is 0.229. The smallest absolute Gasteiger partial charge is 0.240 e. The summed E-state index contributed by atoms with van der Waals surface area (Å²) in [6.45, 7) is 7.62. The first-order chi connectivity index (χ1) is 8.72. The molecule has 0 aliphatic carbocycles. The van der Waals surface area contributed by atoms with Crippen LogP contribution in [0.2, 0.25) is 0 Å². The fourth-order valence-electron chi connectivity index (χ4n) is 2.01. The van der Waals surface area contributed by atoms with E-state index in [2.05, 4.69) is 18.6 Å². The summed E-state index contributed by atoms with van der Waals surface area (Å²) in [6.07, 6.45) is 0.204. The Bertz CT molecular complexity index is 492. The molecule has 2 atom stereocenters. The van der Waals surface area contributed by atoms with Crippen LogP contribution in [0.5, 0.6) is 0 Å². The van der Waals surface area contributed by atoms with Gasteiger partial charge >= 0.3 is 0 Å². The first kappa shape index (κ1) is 16.1. The van der Waals surface area contributed by atoms with Crippen LogP contribution in [0.25, 0.3) is 0 Å². The second-order valence-electron chi connectivity index (χ2n) is 5.40. The van der Waals surface area contributed by atoms with Crippen molar-refractivity contribution in [1.82, 2.24) is 4.72 Å². The highest BCUT2D eigenvalue weighted by molar-refractivity contribution is 7.89. The maximum absolute atomic E-state index is 12.1. The number of hydrogen-bond acceptors (Lipinski definition) is 3. The molecule has 0 bridgehead atoms. The van der Waals surface area contributed by atoms with Crippen molar-refractivity contribution in [2.75, 3.05) is 0 Å². The minimum Gasteiger partial charge on any atom is -0.389 e. The number of rotatable bonds is 6. The molecule has 2 N–H and O–H groups in total. The normalized spacial score (nSPS) is 15.5. The first-order valence-corrected chi connectivity index (χ1v) is 8.01. The Kier molecular flexibility index (Phi) is 5.52. The molecule has 1 rings (SSSR count). The molecule has 0 aromatic heterocycles. The van der Waals surface area contributed by atoms with Gasteiger partial charge in [0.25, 0.3) is 0 Å². The predicted octanol–water partition coefficient (Wildman–Crippen LogP) is 2.45. The molecule has 0 fully saturated rings. The van der Waals surface area contributed by atoms with Gasteiger partial charge in [0.1, 0.15) is 0 Å². The molecular weight excluding hydrogens is 262 g/mol. The molecule has 5 heteroatoms. The van der Waals surface area contributed by atoms with Crippen LogP contribution in [0.4, 0.5) is 0 Å². The van der Waals surface area contributed by atoms with Gasteiger partial charge in [0.15, 0.2) is 0 Å². The van der Waals surface area contributed by atoms with E-state index in [1.165, 1.54) is 12.1 Å². The maximum atomic E-state index is 12.1. The summed E-state index contributed by atoms with van der Waals surface area (Å²) in [6, 6.07) is 6.21. The van der Waals surface area contributed by atoms with E-state index in [4.69, 9.17) is 0 Å². The van der Waals surface area contributed by atoms with Crippen LogP contribution in [-0.2, 0) is 10.0 Å². The molecule has 2 unspecified atom stereocenters. The Hall–Kier alpha value is -0.910. The van der Waals surface area contributed by atoms with Gasteiger partial charge < -0.3 is 5.11 Å². The van der Waals surface area contributed by atoms with E-state index >= 15 is 0 Å². The third-order valence-corrected chi connectivity index (χ3v) is 4.46. The lowest BCUT2D eigenvalue weighted by atomic mass is 10.1. The van der Waals surface area contributed by atoms with Gasteiger partial charge in [0.05, 0.1) is 11.0 Å². The quantitative estimate of drug-likeness (QED) is 0.843. The lowest BCUT2D eigenvalue weighted by molar-refractivity contribution is 0.199. The molecule has 0 heterocycles. The van der Waals surface area contributed by atoms with E-state index in [0.717, 1.165) is 6.42 Å². The summed E-state index contributed by atoms with van der Waals surface area (Å²) in [5.74, 6) is 0.440. The van der Waals surface area contributed by atoms with Crippen molar-refractivity contribution in [3.63, 3.8) is 0 Å². The lowest BCUT2D eigenvalue weighted by Gasteiger charge is -2.16. The Balaban J connectivity index is 2.82. The highest BCUT2D eigenvalue weighted by atomic mass is 32.2. The number of nitrogens with one attached hydrogen (secondary N) is 1. The van der Waals surface area contributed by atoms with Gasteiger partial charge in [-0.05, 0) is 43.9 Å². The molecule has 0 aliphatic heterocycles. The molecule has 1 aromatic rings. The minimum atomic E-state index is -3.48. The molecule has 0 aliphatic rings. The third kappa shape index (κ3) is 4.93. The van der Waals surface area contributed by atoms with Crippen LogP contribution in [0.15, 0.2) is 29.2 Å². The zero-order valence-electron chi connectivity index (χ0n) is 11.9. The zero-order chi connectivity index (χ0) is 14.6. The number of aliphatic hydroxyl groups is 1. The first-order valence-electron chi connectivity index (χ1n) is 6.52. The van der Waals surface area contributed by atoms with Gasteiger partial charge in [-0.3, -0.25) is 0 Å². The van der Waals surface area contributed by atoms with Gasteiger partial charge in [0.2, 0.25) is 10.0 Å². The van der Waals surface area contributed by atoms with Crippen molar-refractivity contribution in [2.24, 2.45) is 5.92 Å². The molecule has 108 valence electrons. The van der Waals surface area contributed by atoms with Crippen LogP contribution in [0, 0.1) is 5.92 Å². The minimum absolute atomic E-state index is 0.0959. The molecule has 1 aromatic carbocycles. The Morgan fingerprint density at radius 1 is 1.11 bits per heavy atom. The maximum Gasteiger partial charge on any atom is 0.240 e. The van der Waals surface area contributed by atoms with Crippen molar-refractivity contribution in [3.8, 4) is 0 Å². The van der Waals surface area contributed by atoms with Crippen LogP contribution < -0.4 is 4.72 Å². The Morgan fingerprint density at radius 3 is 2.05 bits per heavy atom. The highest BCUT2D eigenvalue weighted by Gasteiger charge is 2.18. The van der Waals surface area contributed by atoms with E-state index in [-0.39, 0.29) is 10.9 Å². The van der Waals surface area contributed by atoms with Crippen molar-refractivity contribution >= 4 is 10.0 Å². The fraction of sp³-hybridized carbons (Fsp3) is 0.571. The molecule has 0 radical (unpaired) electrons. The number of hydrogen-bond donors (Lipinski definition) is 2. The van der Waals surface area contributed by atoms with Gasteiger partial charge in [-0.15, -0.1) is 0 Å². The summed E-state index contributed by atoms with van der Waals surface area (Å²) in [5, 5.41) is 9.40. The molecule has 0 amide bonds. The second kappa shape index (κ2) is 6.50. The molecule has 0 saturated heterocycles. The average molecular weight is 285 g/mol. The largest absolute Gasteiger partial charge is 0.389 e. The van der Waals surface area contributed by atoms with Crippen molar-refractivity contribution in [2.45, 2.75) is 51.2 Å². The van der Waals surface area contributed by atoms with Crippen LogP contribution in [-0.4, -0.2) is 19.6 Å². The van der Waals surface area contributed by atoms with E-state index < -0.39 is 16.1 Å². The van der Waals surface area contributed by atoms with Gasteiger partial charge in [-0.2, -0.15) is 0 Å². The van der Waals surface area contributed by atoms with Crippen LogP contribution >= 0.6 is 0 Å². The lowest BCUT2D eigenvalue weighted by Crippen LogP contribution is -2.33. The standard InChI is InChI=1S/C14H23NO3S/c1-10(2)9-11(3)15-19(17,18)14-7-5-13(6-8-14)12(4)16/h5-8,10-12,15-16H,9H2,1-4H3. The van der Waals surface area contributed by atoms with Gasteiger partial charge in [-0.25, -0.2) is 13.1 Å². The Morgan fingerprint density at radius 2 is 1.63 bits per heavy atom. The number of benzene rings is 1. The third-order valence-electron chi connectivity index (χ3n) is 2.85. The number of aliphatic hydroxyl groups excluding tert-OH is 1. The molecular formula is C14H23NO3S. The number of sulfonamides is 1. The highest BCUT2D eigenvalue weighted by Crippen LogP contribution is 2.16. The molecule has 19 heavy (non-hydrogen) atoms. The van der Waals surface area contributed by atoms with E-state index in [0.29, 0.717) is 11.5 Å². The Labute approximate surface area is 115 Å². The van der Waals surface area contributed by atoms with Gasteiger partial charge in [0, 0.05) is 6.04 Å². The van der Waals surface area contributed by atoms with Crippen molar-refractivity contribution in [1.29, 1.82) is 0 Å². The molecule has 0 spiro atoms. The summed E-state index contributed by atoms with van der Waals surface area (Å²) < 4.78 is 26.9. The summed E-state index contributed by atoms with van der Waals surface area (Å²) in [5.41, 5.74) is 0.703. The molecule has 4 nitrogen and oxygen atoms in total. The van der Waals surface area contributed by atoms with Crippen molar-refractivity contribution < 1.29 is 13.5 Å². The van der Waals surface area contributed by atoms with E-state index in [9.17, 15) is 13.5 Å². The topological polar surface area (TPSA) is 66.4 Å². The van der Waals surface area contributed by atoms with Gasteiger partial charge in [-0.1, -0.05) is 26.0 Å². The van der Waals surface area contributed by atoms with Crippen LogP contribution in [0.1, 0.15) is 45.8 Å².